The summed E-state index contributed by atoms with van der Waals surface area (Å²) in [6.45, 7) is 2.42. The van der Waals surface area contributed by atoms with Gasteiger partial charge in [-0.15, -0.1) is 9.82 Å². The fraction of sp³-hybridized carbons (Fsp3) is 0.476. The van der Waals surface area contributed by atoms with Gasteiger partial charge in [0.15, 0.2) is 0 Å². The normalized spacial score (nSPS) is 15.5. The first-order valence-electron chi connectivity index (χ1n) is 10.3. The van der Waals surface area contributed by atoms with Gasteiger partial charge in [0, 0.05) is 32.4 Å². The van der Waals surface area contributed by atoms with E-state index in [4.69, 9.17) is 0 Å². The number of aryl methyl sites for hydroxylation is 3. The number of hydrogen-bond acceptors (Lipinski definition) is 4. The van der Waals surface area contributed by atoms with Crippen LogP contribution in [0.25, 0.3) is 0 Å². The van der Waals surface area contributed by atoms with Gasteiger partial charge < -0.3 is 14.8 Å². The highest BCUT2D eigenvalue weighted by Crippen LogP contribution is 2.38. The summed E-state index contributed by atoms with van der Waals surface area (Å²) in [6.07, 6.45) is 6.19. The number of benzene rings is 1. The molecule has 1 heterocycles. The molecule has 0 saturated heterocycles. The first-order chi connectivity index (χ1) is 14.4. The number of nitrogens with zero attached hydrogens (tertiary/aromatic N) is 3. The van der Waals surface area contributed by atoms with Gasteiger partial charge in [0.2, 0.25) is 0 Å². The molecule has 2 aromatic rings. The van der Waals surface area contributed by atoms with E-state index in [1.807, 2.05) is 6.92 Å². The van der Waals surface area contributed by atoms with Gasteiger partial charge in [0.05, 0.1) is 0 Å². The van der Waals surface area contributed by atoms with Crippen LogP contribution in [0, 0.1) is 0 Å². The van der Waals surface area contributed by atoms with E-state index in [0.29, 0.717) is 12.2 Å². The summed E-state index contributed by atoms with van der Waals surface area (Å²) >= 11 is -1.87. The summed E-state index contributed by atoms with van der Waals surface area (Å²) in [5.74, 6) is -0.212. The van der Waals surface area contributed by atoms with Crippen LogP contribution in [0.3, 0.4) is 0 Å². The van der Waals surface area contributed by atoms with Gasteiger partial charge in [-0.2, -0.15) is 0 Å². The molecule has 2 N–H and O–H groups in total. The Kier molecular flexibility index (Phi) is 5.75. The third-order valence-corrected chi connectivity index (χ3v) is 6.93. The van der Waals surface area contributed by atoms with E-state index in [1.165, 1.54) is 33.0 Å². The Labute approximate surface area is 179 Å². The summed E-state index contributed by atoms with van der Waals surface area (Å²) in [4.78, 5) is 26.6. The molecule has 9 heteroatoms. The number of aromatic nitrogens is 2. The number of amides is 3. The molecule has 160 valence electrons. The first kappa shape index (κ1) is 20.7. The maximum Gasteiger partial charge on any atom is 0.361 e. The second-order valence-electron chi connectivity index (χ2n) is 7.87. The average molecular weight is 430 g/mol. The van der Waals surface area contributed by atoms with Crippen molar-refractivity contribution in [1.82, 2.24) is 19.4 Å². The second-order valence-corrected chi connectivity index (χ2v) is 9.03. The summed E-state index contributed by atoms with van der Waals surface area (Å²) in [6, 6.07) is 3.24. The highest BCUT2D eigenvalue weighted by atomic mass is 32.2. The topological polar surface area (TPSA) is 102 Å². The number of fused-ring (bicyclic) bond motifs is 2. The Hall–Kier alpha value is -2.52. The third kappa shape index (κ3) is 3.79. The van der Waals surface area contributed by atoms with Crippen molar-refractivity contribution in [1.29, 1.82) is 0 Å². The Balaban J connectivity index is 1.49. The molecule has 1 aromatic carbocycles. The van der Waals surface area contributed by atoms with Crippen molar-refractivity contribution in [3.63, 3.8) is 0 Å². The van der Waals surface area contributed by atoms with E-state index in [1.54, 1.807) is 19.0 Å². The predicted molar refractivity (Wildman–Crippen MR) is 115 cm³/mol. The van der Waals surface area contributed by atoms with E-state index in [9.17, 15) is 14.1 Å². The van der Waals surface area contributed by atoms with E-state index < -0.39 is 17.4 Å². The fourth-order valence-corrected chi connectivity index (χ4v) is 5.05. The van der Waals surface area contributed by atoms with Crippen molar-refractivity contribution in [2.75, 3.05) is 18.9 Å². The Morgan fingerprint density at radius 1 is 1.17 bits per heavy atom. The van der Waals surface area contributed by atoms with Crippen LogP contribution in [0.1, 0.15) is 52.5 Å². The lowest BCUT2D eigenvalue weighted by Gasteiger charge is -2.16. The number of hydrogen-bond donors (Lipinski definition) is 2. The molecule has 0 radical (unpaired) electrons. The average Bonchev–Trinajstić information content (AvgIpc) is 3.45. The monoisotopic (exact) mass is 429 g/mol. The Morgan fingerprint density at radius 3 is 2.40 bits per heavy atom. The van der Waals surface area contributed by atoms with Crippen LogP contribution in [0.4, 0.5) is 10.5 Å². The summed E-state index contributed by atoms with van der Waals surface area (Å²) in [5.41, 5.74) is 6.28. The summed E-state index contributed by atoms with van der Waals surface area (Å²) in [7, 11) is 3.31. The van der Waals surface area contributed by atoms with Gasteiger partial charge >= 0.3 is 6.03 Å². The van der Waals surface area contributed by atoms with Crippen LogP contribution in [-0.2, 0) is 44.1 Å². The van der Waals surface area contributed by atoms with Crippen LogP contribution in [0.15, 0.2) is 17.2 Å². The third-order valence-electron chi connectivity index (χ3n) is 5.98. The molecular weight excluding hydrogens is 402 g/mol. The van der Waals surface area contributed by atoms with Crippen molar-refractivity contribution in [2.24, 2.45) is 7.05 Å². The molecule has 4 rings (SSSR count). The zero-order chi connectivity index (χ0) is 21.4. The smallest absolute Gasteiger partial charge is 0.361 e. The van der Waals surface area contributed by atoms with Crippen LogP contribution in [-0.4, -0.2) is 44.8 Å². The summed E-state index contributed by atoms with van der Waals surface area (Å²) < 4.78 is 16.5. The maximum atomic E-state index is 12.7. The molecular formula is C21H27N5O3S. The molecule has 0 spiro atoms. The molecule has 0 fully saturated rings. The molecule has 1 atom stereocenters. The quantitative estimate of drug-likeness (QED) is 0.712. The van der Waals surface area contributed by atoms with Crippen molar-refractivity contribution < 1.29 is 14.1 Å². The minimum Gasteiger partial charge on any atom is -0.586 e. The fourth-order valence-electron chi connectivity index (χ4n) is 4.31. The molecule has 0 aliphatic heterocycles. The van der Waals surface area contributed by atoms with Crippen molar-refractivity contribution in [3.8, 4) is 0 Å². The second kappa shape index (κ2) is 8.31. The van der Waals surface area contributed by atoms with Crippen molar-refractivity contribution in [2.45, 2.75) is 50.5 Å². The zero-order valence-electron chi connectivity index (χ0n) is 17.6. The lowest BCUT2D eigenvalue weighted by Crippen LogP contribution is -2.35. The number of carbonyl (C=O) groups excluding carboxylic acids is 2. The predicted octanol–water partition coefficient (Wildman–Crippen LogP) is 2.33. The molecule has 3 amide bonds. The first-order valence-corrected chi connectivity index (χ1v) is 11.5. The van der Waals surface area contributed by atoms with Gasteiger partial charge in [-0.1, -0.05) is 6.07 Å². The standard InChI is InChI=1S/C21H27N5O3S/c1-4-25(2)20(27)17-12-18(23-26(17)3)30(29)24-21(28)22-19-15-9-5-7-13(15)11-14-8-6-10-16(14)19/h11-12H,4-10H2,1-3H3,(H2,22,24,28). The Bertz CT molecular complexity index is 971. The van der Waals surface area contributed by atoms with Gasteiger partial charge in [-0.3, -0.25) is 9.48 Å². The van der Waals surface area contributed by atoms with Gasteiger partial charge in [-0.05, 0) is 67.7 Å². The number of carbonyl (C=O) groups is 2. The van der Waals surface area contributed by atoms with Gasteiger partial charge in [0.1, 0.15) is 17.1 Å². The van der Waals surface area contributed by atoms with Crippen molar-refractivity contribution in [3.05, 3.63) is 40.1 Å². The number of nitrogens with one attached hydrogen (secondary N) is 2. The highest BCUT2D eigenvalue weighted by molar-refractivity contribution is 7.90. The number of anilines is 1. The molecule has 1 aromatic heterocycles. The molecule has 30 heavy (non-hydrogen) atoms. The van der Waals surface area contributed by atoms with E-state index in [0.717, 1.165) is 44.2 Å². The molecule has 1 unspecified atom stereocenters. The zero-order valence-corrected chi connectivity index (χ0v) is 18.4. The van der Waals surface area contributed by atoms with Crippen LogP contribution >= 0.6 is 0 Å². The molecule has 0 bridgehead atoms. The van der Waals surface area contributed by atoms with Crippen LogP contribution in [0.2, 0.25) is 0 Å². The minimum absolute atomic E-state index is 0.143. The molecule has 8 nitrogen and oxygen atoms in total. The van der Waals surface area contributed by atoms with E-state index in [2.05, 4.69) is 21.2 Å². The SMILES string of the molecule is CCN(C)C(=O)c1cc([S+]([O-])NC(=O)Nc2c3c(cc4c2CCC4)CCC3)nn1C. The minimum atomic E-state index is -1.87. The van der Waals surface area contributed by atoms with Gasteiger partial charge in [0.25, 0.3) is 10.9 Å². The molecule has 2 aliphatic rings. The summed E-state index contributed by atoms with van der Waals surface area (Å²) in [5, 5.41) is 7.26. The van der Waals surface area contributed by atoms with Gasteiger partial charge in [-0.25, -0.2) is 4.79 Å². The number of rotatable bonds is 5. The molecule has 2 aliphatic carbocycles. The Morgan fingerprint density at radius 2 is 1.80 bits per heavy atom. The van der Waals surface area contributed by atoms with E-state index in [-0.39, 0.29) is 10.9 Å². The maximum absolute atomic E-state index is 12.7. The number of urea groups is 1. The van der Waals surface area contributed by atoms with Crippen molar-refractivity contribution >= 4 is 29.0 Å². The lowest BCUT2D eigenvalue weighted by molar-refractivity contribution is 0.0791. The van der Waals surface area contributed by atoms with Crippen LogP contribution < -0.4 is 10.0 Å². The van der Waals surface area contributed by atoms with E-state index >= 15 is 0 Å². The van der Waals surface area contributed by atoms with Crippen LogP contribution in [0.5, 0.6) is 0 Å². The molecule has 0 saturated carbocycles. The lowest BCUT2D eigenvalue weighted by atomic mass is 9.99. The highest BCUT2D eigenvalue weighted by Gasteiger charge is 2.28. The largest absolute Gasteiger partial charge is 0.586 e.